The van der Waals surface area contributed by atoms with E-state index in [1.807, 2.05) is 6.92 Å². The summed E-state index contributed by atoms with van der Waals surface area (Å²) in [4.78, 5) is 0. The maximum atomic E-state index is 14.6. The molecule has 1 N–H and O–H groups in total. The average molecular weight is 213 g/mol. The normalized spacial score (nSPS) is 29.2. The van der Waals surface area contributed by atoms with E-state index in [9.17, 15) is 4.39 Å². The predicted molar refractivity (Wildman–Crippen MR) is 61.7 cm³/mol. The number of rotatable bonds is 3. The number of alkyl halides is 1. The lowest BCUT2D eigenvalue weighted by molar-refractivity contribution is 0.0666. The van der Waals surface area contributed by atoms with Gasteiger partial charge in [0.2, 0.25) is 0 Å². The van der Waals surface area contributed by atoms with Crippen LogP contribution in [0.4, 0.5) is 4.39 Å². The molecule has 0 radical (unpaired) electrons. The molecule has 2 heteroatoms. The maximum Gasteiger partial charge on any atom is 0.111 e. The van der Waals surface area contributed by atoms with Crippen LogP contribution in [0.15, 0.2) is 0 Å². The van der Waals surface area contributed by atoms with E-state index in [0.717, 1.165) is 32.4 Å². The zero-order valence-corrected chi connectivity index (χ0v) is 9.90. The van der Waals surface area contributed by atoms with Gasteiger partial charge in [-0.2, -0.15) is 0 Å². The second-order valence-electron chi connectivity index (χ2n) is 5.66. The Morgan fingerprint density at radius 2 is 1.73 bits per heavy atom. The molecule has 0 aromatic carbocycles. The van der Waals surface area contributed by atoms with Crippen molar-refractivity contribution in [1.82, 2.24) is 5.32 Å². The van der Waals surface area contributed by atoms with Crippen molar-refractivity contribution < 1.29 is 4.39 Å². The first kappa shape index (κ1) is 11.4. The van der Waals surface area contributed by atoms with E-state index in [1.165, 1.54) is 25.7 Å². The molecule has 2 aliphatic rings. The van der Waals surface area contributed by atoms with Crippen molar-refractivity contribution in [3.05, 3.63) is 0 Å². The summed E-state index contributed by atoms with van der Waals surface area (Å²) in [6.07, 6.45) is 7.89. The van der Waals surface area contributed by atoms with Crippen LogP contribution in [-0.4, -0.2) is 18.8 Å². The molecule has 88 valence electrons. The first-order chi connectivity index (χ1) is 7.18. The highest BCUT2D eigenvalue weighted by molar-refractivity contribution is 4.88. The van der Waals surface area contributed by atoms with Crippen LogP contribution in [0.2, 0.25) is 0 Å². The molecule has 0 spiro atoms. The van der Waals surface area contributed by atoms with E-state index in [0.29, 0.717) is 11.8 Å². The molecule has 1 nitrogen and oxygen atoms in total. The third kappa shape index (κ3) is 2.93. The largest absolute Gasteiger partial charge is 0.317 e. The van der Waals surface area contributed by atoms with Crippen LogP contribution in [0.1, 0.15) is 51.9 Å². The van der Waals surface area contributed by atoms with Crippen LogP contribution >= 0.6 is 0 Å². The zero-order chi connectivity index (χ0) is 10.7. The maximum absolute atomic E-state index is 14.6. The molecule has 0 aromatic rings. The van der Waals surface area contributed by atoms with E-state index >= 15 is 0 Å². The molecule has 2 rings (SSSR count). The molecule has 1 aliphatic heterocycles. The SMILES string of the molecule is CC(F)(CC1CCNCC1)C1CCCC1. The topological polar surface area (TPSA) is 12.0 Å². The van der Waals surface area contributed by atoms with Gasteiger partial charge in [-0.05, 0) is 64.0 Å². The van der Waals surface area contributed by atoms with Gasteiger partial charge in [-0.25, -0.2) is 4.39 Å². The molecule has 0 bridgehead atoms. The second-order valence-corrected chi connectivity index (χ2v) is 5.66. The van der Waals surface area contributed by atoms with Gasteiger partial charge in [0.1, 0.15) is 5.67 Å². The smallest absolute Gasteiger partial charge is 0.111 e. The number of piperidine rings is 1. The van der Waals surface area contributed by atoms with Crippen molar-refractivity contribution in [1.29, 1.82) is 0 Å². The predicted octanol–water partition coefficient (Wildman–Crippen LogP) is 3.29. The standard InChI is InChI=1S/C13H24FN/c1-13(14,12-4-2-3-5-12)10-11-6-8-15-9-7-11/h11-12,15H,2-10H2,1H3. The Hall–Kier alpha value is -0.110. The Bertz CT molecular complexity index is 191. The highest BCUT2D eigenvalue weighted by Crippen LogP contribution is 2.41. The minimum atomic E-state index is -0.890. The van der Waals surface area contributed by atoms with Crippen LogP contribution in [-0.2, 0) is 0 Å². The summed E-state index contributed by atoms with van der Waals surface area (Å²) in [5.74, 6) is 0.981. The summed E-state index contributed by atoms with van der Waals surface area (Å²) in [5.41, 5.74) is -0.890. The van der Waals surface area contributed by atoms with E-state index in [-0.39, 0.29) is 0 Å². The lowest BCUT2D eigenvalue weighted by atomic mass is 9.79. The van der Waals surface area contributed by atoms with Gasteiger partial charge < -0.3 is 5.32 Å². The molecule has 1 saturated carbocycles. The molecular weight excluding hydrogens is 189 g/mol. The van der Waals surface area contributed by atoms with Gasteiger partial charge in [0, 0.05) is 0 Å². The van der Waals surface area contributed by atoms with Crippen molar-refractivity contribution in [2.45, 2.75) is 57.5 Å². The zero-order valence-electron chi connectivity index (χ0n) is 9.90. The Morgan fingerprint density at radius 3 is 2.33 bits per heavy atom. The summed E-state index contributed by atoms with van der Waals surface area (Å²) in [6.45, 7) is 4.03. The molecule has 15 heavy (non-hydrogen) atoms. The quantitative estimate of drug-likeness (QED) is 0.758. The minimum absolute atomic E-state index is 0.354. The fourth-order valence-corrected chi connectivity index (χ4v) is 3.34. The third-order valence-corrected chi connectivity index (χ3v) is 4.35. The van der Waals surface area contributed by atoms with Crippen LogP contribution in [0.5, 0.6) is 0 Å². The van der Waals surface area contributed by atoms with E-state index in [1.54, 1.807) is 0 Å². The summed E-state index contributed by atoms with van der Waals surface area (Å²) >= 11 is 0. The van der Waals surface area contributed by atoms with Crippen LogP contribution < -0.4 is 5.32 Å². The van der Waals surface area contributed by atoms with E-state index in [2.05, 4.69) is 5.32 Å². The summed E-state index contributed by atoms with van der Waals surface area (Å²) in [6, 6.07) is 0. The summed E-state index contributed by atoms with van der Waals surface area (Å²) < 4.78 is 14.6. The monoisotopic (exact) mass is 213 g/mol. The average Bonchev–Trinajstić information content (AvgIpc) is 2.71. The highest BCUT2D eigenvalue weighted by Gasteiger charge is 2.37. The fourth-order valence-electron chi connectivity index (χ4n) is 3.34. The first-order valence-corrected chi connectivity index (χ1v) is 6.58. The van der Waals surface area contributed by atoms with Gasteiger partial charge in [-0.3, -0.25) is 0 Å². The lowest BCUT2D eigenvalue weighted by Crippen LogP contribution is -2.35. The lowest BCUT2D eigenvalue weighted by Gasteiger charge is -2.33. The van der Waals surface area contributed by atoms with Gasteiger partial charge in [0.05, 0.1) is 0 Å². The van der Waals surface area contributed by atoms with Crippen molar-refractivity contribution in [2.24, 2.45) is 11.8 Å². The van der Waals surface area contributed by atoms with Gasteiger partial charge in [-0.15, -0.1) is 0 Å². The van der Waals surface area contributed by atoms with Crippen LogP contribution in [0, 0.1) is 11.8 Å². The summed E-state index contributed by atoms with van der Waals surface area (Å²) in [7, 11) is 0. The Kier molecular flexibility index (Phi) is 3.65. The molecule has 1 unspecified atom stereocenters. The molecule has 1 atom stereocenters. The van der Waals surface area contributed by atoms with Crippen molar-refractivity contribution >= 4 is 0 Å². The number of nitrogens with one attached hydrogen (secondary N) is 1. The third-order valence-electron chi connectivity index (χ3n) is 4.35. The second kappa shape index (κ2) is 4.82. The minimum Gasteiger partial charge on any atom is -0.317 e. The molecule has 2 fully saturated rings. The molecule has 1 heterocycles. The molecule has 1 saturated heterocycles. The highest BCUT2D eigenvalue weighted by atomic mass is 19.1. The number of hydrogen-bond donors (Lipinski definition) is 1. The van der Waals surface area contributed by atoms with Gasteiger partial charge in [0.15, 0.2) is 0 Å². The van der Waals surface area contributed by atoms with Gasteiger partial charge >= 0.3 is 0 Å². The molecule has 1 aliphatic carbocycles. The van der Waals surface area contributed by atoms with Crippen molar-refractivity contribution in [2.75, 3.05) is 13.1 Å². The van der Waals surface area contributed by atoms with Crippen LogP contribution in [0.3, 0.4) is 0 Å². The van der Waals surface area contributed by atoms with E-state index < -0.39 is 5.67 Å². The number of hydrogen-bond acceptors (Lipinski definition) is 1. The van der Waals surface area contributed by atoms with Crippen molar-refractivity contribution in [3.8, 4) is 0 Å². The molecule has 0 amide bonds. The summed E-state index contributed by atoms with van der Waals surface area (Å²) in [5, 5.41) is 3.35. The van der Waals surface area contributed by atoms with Crippen LogP contribution in [0.25, 0.3) is 0 Å². The Morgan fingerprint density at radius 1 is 1.13 bits per heavy atom. The Labute approximate surface area is 92.8 Å². The molecular formula is C13H24FN. The Balaban J connectivity index is 1.84. The van der Waals surface area contributed by atoms with E-state index in [4.69, 9.17) is 0 Å². The number of halogens is 1. The first-order valence-electron chi connectivity index (χ1n) is 6.58. The fraction of sp³-hybridized carbons (Fsp3) is 1.00. The van der Waals surface area contributed by atoms with Gasteiger partial charge in [0.25, 0.3) is 0 Å². The van der Waals surface area contributed by atoms with Crippen molar-refractivity contribution in [3.63, 3.8) is 0 Å². The molecule has 0 aromatic heterocycles. The van der Waals surface area contributed by atoms with Gasteiger partial charge in [-0.1, -0.05) is 12.8 Å².